The number of hydrogen-bond donors (Lipinski definition) is 0. The molecule has 4 aromatic rings. The molecule has 188 valence electrons. The highest BCUT2D eigenvalue weighted by molar-refractivity contribution is 5.92. The lowest BCUT2D eigenvalue weighted by Crippen LogP contribution is -2.55. The van der Waals surface area contributed by atoms with Crippen molar-refractivity contribution < 1.29 is 13.9 Å². The van der Waals surface area contributed by atoms with Gasteiger partial charge in [0.05, 0.1) is 30.1 Å². The SMILES string of the molecule is C[C@@H]1[C@H]2CCc3c(-c4ccccc4F)nc(-c4ccnc5ccccc45)nc3[C@]2(C)CCC12OCCO2. The number of hydrogen-bond acceptors (Lipinski definition) is 5. The van der Waals surface area contributed by atoms with Gasteiger partial charge in [0, 0.05) is 46.0 Å². The maximum Gasteiger partial charge on any atom is 0.171 e. The zero-order valence-electron chi connectivity index (χ0n) is 21.2. The quantitative estimate of drug-likeness (QED) is 0.318. The monoisotopic (exact) mass is 495 g/mol. The molecule has 2 aliphatic carbocycles. The van der Waals surface area contributed by atoms with Crippen LogP contribution in [0.25, 0.3) is 33.5 Å². The molecule has 3 heterocycles. The number of aromatic nitrogens is 3. The molecule has 1 saturated carbocycles. The van der Waals surface area contributed by atoms with Crippen molar-refractivity contribution in [2.45, 2.75) is 50.7 Å². The second kappa shape index (κ2) is 8.40. The fourth-order valence-corrected chi connectivity index (χ4v) is 7.23. The largest absolute Gasteiger partial charge is 0.347 e. The van der Waals surface area contributed by atoms with Gasteiger partial charge in [0.1, 0.15) is 5.82 Å². The van der Waals surface area contributed by atoms with E-state index in [0.717, 1.165) is 53.4 Å². The van der Waals surface area contributed by atoms with E-state index in [1.54, 1.807) is 12.3 Å². The predicted octanol–water partition coefficient (Wildman–Crippen LogP) is 6.49. The maximum atomic E-state index is 15.2. The van der Waals surface area contributed by atoms with Crippen molar-refractivity contribution in [1.82, 2.24) is 15.0 Å². The lowest BCUT2D eigenvalue weighted by molar-refractivity contribution is -0.234. The summed E-state index contributed by atoms with van der Waals surface area (Å²) < 4.78 is 27.6. The highest BCUT2D eigenvalue weighted by Crippen LogP contribution is 2.57. The summed E-state index contributed by atoms with van der Waals surface area (Å²) in [5.41, 5.74) is 4.98. The van der Waals surface area contributed by atoms with Gasteiger partial charge in [-0.2, -0.15) is 0 Å². The minimum atomic E-state index is -0.493. The molecule has 37 heavy (non-hydrogen) atoms. The minimum Gasteiger partial charge on any atom is -0.347 e. The van der Waals surface area contributed by atoms with E-state index in [9.17, 15) is 0 Å². The van der Waals surface area contributed by atoms with Crippen molar-refractivity contribution in [2.75, 3.05) is 13.2 Å². The van der Waals surface area contributed by atoms with Gasteiger partial charge >= 0.3 is 0 Å². The molecule has 2 aromatic carbocycles. The molecule has 0 bridgehead atoms. The van der Waals surface area contributed by atoms with Crippen LogP contribution in [0.1, 0.15) is 44.4 Å². The van der Waals surface area contributed by atoms with Gasteiger partial charge in [0.25, 0.3) is 0 Å². The number of fused-ring (bicyclic) bond motifs is 4. The summed E-state index contributed by atoms with van der Waals surface area (Å²) in [6, 6.07) is 17.0. The van der Waals surface area contributed by atoms with Gasteiger partial charge in [-0.05, 0) is 49.4 Å². The zero-order chi connectivity index (χ0) is 25.2. The Balaban J connectivity index is 1.46. The van der Waals surface area contributed by atoms with E-state index in [1.165, 1.54) is 6.07 Å². The molecule has 0 radical (unpaired) electrons. The Bertz CT molecular complexity index is 1510. The molecule has 0 amide bonds. The Hall–Kier alpha value is -3.22. The van der Waals surface area contributed by atoms with E-state index in [-0.39, 0.29) is 17.2 Å². The first-order valence-electron chi connectivity index (χ1n) is 13.3. The van der Waals surface area contributed by atoms with E-state index in [4.69, 9.17) is 19.4 Å². The number of rotatable bonds is 2. The molecular formula is C31H30FN3O2. The van der Waals surface area contributed by atoms with Crippen LogP contribution < -0.4 is 0 Å². The van der Waals surface area contributed by atoms with E-state index in [1.807, 2.05) is 36.4 Å². The summed E-state index contributed by atoms with van der Waals surface area (Å²) in [6.45, 7) is 5.92. The van der Waals surface area contributed by atoms with Crippen LogP contribution in [-0.2, 0) is 21.3 Å². The molecule has 1 saturated heterocycles. The van der Waals surface area contributed by atoms with Crippen LogP contribution in [-0.4, -0.2) is 34.0 Å². The highest BCUT2D eigenvalue weighted by Gasteiger charge is 2.57. The first-order valence-corrected chi connectivity index (χ1v) is 13.3. The van der Waals surface area contributed by atoms with E-state index in [2.05, 4.69) is 24.9 Å². The summed E-state index contributed by atoms with van der Waals surface area (Å²) in [4.78, 5) is 14.9. The van der Waals surface area contributed by atoms with Crippen LogP contribution in [0.3, 0.4) is 0 Å². The molecular weight excluding hydrogens is 465 g/mol. The van der Waals surface area contributed by atoms with Gasteiger partial charge < -0.3 is 9.47 Å². The number of benzene rings is 2. The average molecular weight is 496 g/mol. The van der Waals surface area contributed by atoms with Crippen molar-refractivity contribution in [3.05, 3.63) is 77.9 Å². The normalized spacial score (nSPS) is 26.2. The Morgan fingerprint density at radius 3 is 2.54 bits per heavy atom. The topological polar surface area (TPSA) is 57.1 Å². The molecule has 0 N–H and O–H groups in total. The average Bonchev–Trinajstić information content (AvgIpc) is 3.41. The fraction of sp³-hybridized carbons (Fsp3) is 0.387. The molecule has 3 atom stereocenters. The van der Waals surface area contributed by atoms with Crippen LogP contribution in [0.4, 0.5) is 4.39 Å². The minimum absolute atomic E-state index is 0.186. The highest BCUT2D eigenvalue weighted by atomic mass is 19.1. The third-order valence-electron chi connectivity index (χ3n) is 9.16. The third-order valence-corrected chi connectivity index (χ3v) is 9.16. The van der Waals surface area contributed by atoms with Gasteiger partial charge in [-0.15, -0.1) is 0 Å². The maximum absolute atomic E-state index is 15.2. The first-order chi connectivity index (χ1) is 18.0. The molecule has 3 aliphatic rings. The van der Waals surface area contributed by atoms with Gasteiger partial charge in [0.15, 0.2) is 11.6 Å². The van der Waals surface area contributed by atoms with Crippen molar-refractivity contribution in [3.8, 4) is 22.6 Å². The Morgan fingerprint density at radius 2 is 1.70 bits per heavy atom. The van der Waals surface area contributed by atoms with E-state index < -0.39 is 5.79 Å². The number of nitrogens with zero attached hydrogens (tertiary/aromatic N) is 3. The molecule has 0 unspecified atom stereocenters. The molecule has 1 aliphatic heterocycles. The number of halogens is 1. The molecule has 2 aromatic heterocycles. The van der Waals surface area contributed by atoms with Gasteiger partial charge in [0.2, 0.25) is 0 Å². The smallest absolute Gasteiger partial charge is 0.171 e. The number of para-hydroxylation sites is 1. The molecule has 6 heteroatoms. The second-order valence-corrected chi connectivity index (χ2v) is 10.9. The van der Waals surface area contributed by atoms with Gasteiger partial charge in [-0.3, -0.25) is 4.98 Å². The van der Waals surface area contributed by atoms with Crippen molar-refractivity contribution >= 4 is 10.9 Å². The Kier molecular flexibility index (Phi) is 5.21. The molecule has 2 fully saturated rings. The predicted molar refractivity (Wildman–Crippen MR) is 140 cm³/mol. The van der Waals surface area contributed by atoms with Crippen molar-refractivity contribution in [2.24, 2.45) is 11.8 Å². The van der Waals surface area contributed by atoms with Crippen molar-refractivity contribution in [3.63, 3.8) is 0 Å². The van der Waals surface area contributed by atoms with Crippen LogP contribution >= 0.6 is 0 Å². The lowest BCUT2D eigenvalue weighted by atomic mass is 9.54. The second-order valence-electron chi connectivity index (χ2n) is 10.9. The van der Waals surface area contributed by atoms with E-state index >= 15 is 4.39 Å². The van der Waals surface area contributed by atoms with Crippen LogP contribution in [0.15, 0.2) is 60.8 Å². The van der Waals surface area contributed by atoms with Gasteiger partial charge in [-0.1, -0.05) is 44.2 Å². The summed E-state index contributed by atoms with van der Waals surface area (Å²) in [5, 5.41) is 0.991. The van der Waals surface area contributed by atoms with Crippen LogP contribution in [0, 0.1) is 17.7 Å². The van der Waals surface area contributed by atoms with E-state index in [0.29, 0.717) is 36.2 Å². The summed E-state index contributed by atoms with van der Waals surface area (Å²) >= 11 is 0. The first kappa shape index (κ1) is 22.9. The molecule has 5 nitrogen and oxygen atoms in total. The fourth-order valence-electron chi connectivity index (χ4n) is 7.23. The zero-order valence-corrected chi connectivity index (χ0v) is 21.2. The molecule has 7 rings (SSSR count). The lowest BCUT2D eigenvalue weighted by Gasteiger charge is -2.54. The van der Waals surface area contributed by atoms with Crippen molar-refractivity contribution in [1.29, 1.82) is 0 Å². The Morgan fingerprint density at radius 1 is 0.919 bits per heavy atom. The summed E-state index contributed by atoms with van der Waals surface area (Å²) in [7, 11) is 0. The summed E-state index contributed by atoms with van der Waals surface area (Å²) in [6.07, 6.45) is 5.31. The van der Waals surface area contributed by atoms with Crippen LogP contribution in [0.5, 0.6) is 0 Å². The number of ether oxygens (including phenoxy) is 2. The standard InChI is InChI=1S/C31H30FN3O2/c1-19-24-12-11-23-27(22-8-3-5-9-25(22)32)34-29(21-13-16-33-26-10-6-4-7-20(21)26)35-28(23)30(24,2)14-15-31(19)36-17-18-37-31/h3-10,13,16,19,24H,11-12,14-15,17-18H2,1-2H3/t19-,24-,30-/m1/s1. The van der Waals surface area contributed by atoms with Crippen LogP contribution in [0.2, 0.25) is 0 Å². The molecule has 1 spiro atoms. The Labute approximate surface area is 216 Å². The van der Waals surface area contributed by atoms with Gasteiger partial charge in [-0.25, -0.2) is 14.4 Å². The third kappa shape index (κ3) is 3.39. The summed E-state index contributed by atoms with van der Waals surface area (Å²) in [5.74, 6) is 0.452. The number of pyridine rings is 1.